The van der Waals surface area contributed by atoms with E-state index < -0.39 is 5.82 Å². The van der Waals surface area contributed by atoms with Crippen LogP contribution < -0.4 is 10.5 Å². The molecule has 0 aliphatic carbocycles. The molecular formula is C15H15ClFNO. The Morgan fingerprint density at radius 1 is 1.16 bits per heavy atom. The molecule has 0 saturated heterocycles. The summed E-state index contributed by atoms with van der Waals surface area (Å²) in [6.07, 6.45) is 0. The third-order valence-corrected chi connectivity index (χ3v) is 3.25. The maximum atomic E-state index is 13.3. The molecular weight excluding hydrogens is 265 g/mol. The Labute approximate surface area is 117 Å². The van der Waals surface area contributed by atoms with Gasteiger partial charge in [0.25, 0.3) is 0 Å². The molecule has 0 spiro atoms. The fourth-order valence-electron chi connectivity index (χ4n) is 1.76. The van der Waals surface area contributed by atoms with E-state index in [-0.39, 0.29) is 11.6 Å². The first-order valence-electron chi connectivity index (χ1n) is 5.91. The summed E-state index contributed by atoms with van der Waals surface area (Å²) in [5.74, 6) is 0.315. The molecule has 0 bridgehead atoms. The van der Waals surface area contributed by atoms with Gasteiger partial charge in [0, 0.05) is 5.69 Å². The lowest BCUT2D eigenvalue weighted by Crippen LogP contribution is -1.99. The van der Waals surface area contributed by atoms with Crippen molar-refractivity contribution in [1.82, 2.24) is 0 Å². The summed E-state index contributed by atoms with van der Waals surface area (Å²) in [5, 5.41) is 0.114. The molecule has 4 heteroatoms. The molecule has 2 N–H and O–H groups in total. The van der Waals surface area contributed by atoms with Crippen LogP contribution in [0.1, 0.15) is 16.7 Å². The second kappa shape index (κ2) is 5.49. The van der Waals surface area contributed by atoms with Crippen LogP contribution in [-0.4, -0.2) is 0 Å². The molecule has 0 radical (unpaired) electrons. The van der Waals surface area contributed by atoms with Gasteiger partial charge in [-0.3, -0.25) is 0 Å². The monoisotopic (exact) mass is 279 g/mol. The fraction of sp³-hybridized carbons (Fsp3) is 0.200. The molecule has 0 unspecified atom stereocenters. The lowest BCUT2D eigenvalue weighted by Gasteiger charge is -2.12. The molecule has 2 aromatic carbocycles. The van der Waals surface area contributed by atoms with Gasteiger partial charge in [-0.15, -0.1) is 0 Å². The van der Waals surface area contributed by atoms with Gasteiger partial charge >= 0.3 is 0 Å². The van der Waals surface area contributed by atoms with E-state index in [2.05, 4.69) is 0 Å². The first-order valence-corrected chi connectivity index (χ1v) is 6.28. The lowest BCUT2D eigenvalue weighted by molar-refractivity contribution is 0.303. The van der Waals surface area contributed by atoms with Crippen molar-refractivity contribution in [3.05, 3.63) is 57.9 Å². The van der Waals surface area contributed by atoms with Crippen LogP contribution in [0.2, 0.25) is 5.02 Å². The highest BCUT2D eigenvalue weighted by Crippen LogP contribution is 2.25. The summed E-state index contributed by atoms with van der Waals surface area (Å²) in [5.41, 5.74) is 9.20. The van der Waals surface area contributed by atoms with Crippen LogP contribution >= 0.6 is 11.6 Å². The van der Waals surface area contributed by atoms with E-state index in [0.29, 0.717) is 0 Å². The van der Waals surface area contributed by atoms with Crippen molar-refractivity contribution >= 4 is 17.3 Å². The molecule has 2 aromatic rings. The van der Waals surface area contributed by atoms with Crippen molar-refractivity contribution in [2.24, 2.45) is 0 Å². The van der Waals surface area contributed by atoms with Crippen molar-refractivity contribution in [1.29, 1.82) is 0 Å². The highest BCUT2D eigenvalue weighted by atomic mass is 35.5. The summed E-state index contributed by atoms with van der Waals surface area (Å²) in [6, 6.07) is 8.40. The third-order valence-electron chi connectivity index (χ3n) is 2.94. The first-order chi connectivity index (χ1) is 8.97. The minimum atomic E-state index is -0.437. The van der Waals surface area contributed by atoms with Gasteiger partial charge in [0.1, 0.15) is 18.2 Å². The van der Waals surface area contributed by atoms with Gasteiger partial charge in [0.15, 0.2) is 0 Å². The molecule has 100 valence electrons. The zero-order valence-electron chi connectivity index (χ0n) is 10.8. The second-order valence-corrected chi connectivity index (χ2v) is 4.92. The van der Waals surface area contributed by atoms with Gasteiger partial charge in [-0.2, -0.15) is 0 Å². The van der Waals surface area contributed by atoms with Crippen molar-refractivity contribution < 1.29 is 9.13 Å². The number of hydrogen-bond acceptors (Lipinski definition) is 2. The predicted octanol–water partition coefficient (Wildman–Crippen LogP) is 4.26. The van der Waals surface area contributed by atoms with Crippen LogP contribution in [0, 0.1) is 19.7 Å². The summed E-state index contributed by atoms with van der Waals surface area (Å²) >= 11 is 5.63. The molecule has 0 saturated carbocycles. The van der Waals surface area contributed by atoms with Crippen LogP contribution in [0.15, 0.2) is 30.3 Å². The van der Waals surface area contributed by atoms with Gasteiger partial charge in [-0.25, -0.2) is 4.39 Å². The Morgan fingerprint density at radius 2 is 1.89 bits per heavy atom. The van der Waals surface area contributed by atoms with E-state index in [9.17, 15) is 4.39 Å². The summed E-state index contributed by atoms with van der Waals surface area (Å²) in [7, 11) is 0. The number of nitrogen functional groups attached to an aromatic ring is 1. The van der Waals surface area contributed by atoms with Gasteiger partial charge in [-0.1, -0.05) is 17.7 Å². The molecule has 2 rings (SSSR count). The number of hydrogen-bond donors (Lipinski definition) is 1. The number of nitrogens with two attached hydrogens (primary N) is 1. The van der Waals surface area contributed by atoms with E-state index in [1.54, 1.807) is 6.07 Å². The van der Waals surface area contributed by atoms with Crippen LogP contribution in [0.25, 0.3) is 0 Å². The number of aryl methyl sites for hydroxylation is 2. The predicted molar refractivity (Wildman–Crippen MR) is 76.1 cm³/mol. The van der Waals surface area contributed by atoms with E-state index in [1.807, 2.05) is 26.0 Å². The summed E-state index contributed by atoms with van der Waals surface area (Å²) < 4.78 is 19.0. The highest BCUT2D eigenvalue weighted by Gasteiger charge is 2.05. The SMILES string of the molecule is Cc1cc(OCc2ccc(Cl)c(F)c2)c(C)cc1N. The molecule has 0 aliphatic rings. The van der Waals surface area contributed by atoms with Gasteiger partial charge in [0.2, 0.25) is 0 Å². The van der Waals surface area contributed by atoms with E-state index in [4.69, 9.17) is 22.1 Å². The van der Waals surface area contributed by atoms with Crippen LogP contribution in [0.5, 0.6) is 5.75 Å². The number of anilines is 1. The largest absolute Gasteiger partial charge is 0.489 e. The Morgan fingerprint density at radius 3 is 2.58 bits per heavy atom. The first kappa shape index (κ1) is 13.7. The van der Waals surface area contributed by atoms with Crippen molar-refractivity contribution in [2.75, 3.05) is 5.73 Å². The van der Waals surface area contributed by atoms with E-state index in [0.717, 1.165) is 28.1 Å². The normalized spacial score (nSPS) is 10.5. The molecule has 0 heterocycles. The van der Waals surface area contributed by atoms with Crippen LogP contribution in [-0.2, 0) is 6.61 Å². The van der Waals surface area contributed by atoms with E-state index in [1.165, 1.54) is 12.1 Å². The van der Waals surface area contributed by atoms with E-state index >= 15 is 0 Å². The zero-order valence-corrected chi connectivity index (χ0v) is 11.6. The quantitative estimate of drug-likeness (QED) is 0.852. The average Bonchev–Trinajstić information content (AvgIpc) is 2.36. The molecule has 19 heavy (non-hydrogen) atoms. The topological polar surface area (TPSA) is 35.2 Å². The molecule has 0 aromatic heterocycles. The van der Waals surface area contributed by atoms with Crippen LogP contribution in [0.3, 0.4) is 0 Å². The molecule has 0 atom stereocenters. The number of benzene rings is 2. The minimum absolute atomic E-state index is 0.114. The lowest BCUT2D eigenvalue weighted by atomic mass is 10.1. The van der Waals surface area contributed by atoms with Gasteiger partial charge in [-0.05, 0) is 54.8 Å². The van der Waals surface area contributed by atoms with Crippen molar-refractivity contribution in [3.63, 3.8) is 0 Å². The molecule has 0 aliphatic heterocycles. The standard InChI is InChI=1S/C15H15ClFNO/c1-9-6-15(10(2)5-14(9)18)19-8-11-3-4-12(16)13(17)7-11/h3-7H,8,18H2,1-2H3. The Balaban J connectivity index is 2.14. The number of halogens is 2. The minimum Gasteiger partial charge on any atom is -0.489 e. The Bertz CT molecular complexity index is 613. The average molecular weight is 280 g/mol. The van der Waals surface area contributed by atoms with Gasteiger partial charge < -0.3 is 10.5 Å². The van der Waals surface area contributed by atoms with Crippen molar-refractivity contribution in [3.8, 4) is 5.75 Å². The summed E-state index contributed by atoms with van der Waals surface area (Å²) in [4.78, 5) is 0. The molecule has 2 nitrogen and oxygen atoms in total. The van der Waals surface area contributed by atoms with Crippen molar-refractivity contribution in [2.45, 2.75) is 20.5 Å². The Kier molecular flexibility index (Phi) is 3.96. The molecule has 0 amide bonds. The maximum absolute atomic E-state index is 13.3. The second-order valence-electron chi connectivity index (χ2n) is 4.51. The fourth-order valence-corrected chi connectivity index (χ4v) is 1.88. The summed E-state index contributed by atoms with van der Waals surface area (Å²) in [6.45, 7) is 4.13. The highest BCUT2D eigenvalue weighted by molar-refractivity contribution is 6.30. The molecule has 0 fully saturated rings. The maximum Gasteiger partial charge on any atom is 0.142 e. The van der Waals surface area contributed by atoms with Gasteiger partial charge in [0.05, 0.1) is 5.02 Å². The zero-order chi connectivity index (χ0) is 14.0. The third kappa shape index (κ3) is 3.18. The smallest absolute Gasteiger partial charge is 0.142 e. The number of rotatable bonds is 3. The number of ether oxygens (including phenoxy) is 1. The Hall–Kier alpha value is -1.74. The van der Waals surface area contributed by atoms with Crippen LogP contribution in [0.4, 0.5) is 10.1 Å².